The normalized spacial score (nSPS) is 10.1. The molecule has 0 aliphatic heterocycles. The molecule has 0 amide bonds. The van der Waals surface area contributed by atoms with Gasteiger partial charge in [0.2, 0.25) is 5.88 Å². The van der Waals surface area contributed by atoms with Crippen LogP contribution in [0.3, 0.4) is 0 Å². The summed E-state index contributed by atoms with van der Waals surface area (Å²) >= 11 is 5.64. The molecular formula is C11H9ClFN3O. The molecule has 0 unspecified atom stereocenters. The Morgan fingerprint density at radius 2 is 2.12 bits per heavy atom. The van der Waals surface area contributed by atoms with Crippen LogP contribution in [0.5, 0.6) is 11.6 Å². The molecule has 0 aliphatic carbocycles. The van der Waals surface area contributed by atoms with Crippen LogP contribution in [0, 0.1) is 5.82 Å². The van der Waals surface area contributed by atoms with Crippen molar-refractivity contribution in [1.29, 1.82) is 0 Å². The summed E-state index contributed by atoms with van der Waals surface area (Å²) in [5.74, 6) is 0.907. The second-order valence-electron chi connectivity index (χ2n) is 3.17. The van der Waals surface area contributed by atoms with Crippen molar-refractivity contribution in [2.24, 2.45) is 0 Å². The fraction of sp³-hybridized carbons (Fsp3) is 0.0909. The Hall–Kier alpha value is -1.88. The van der Waals surface area contributed by atoms with Gasteiger partial charge >= 0.3 is 0 Å². The van der Waals surface area contributed by atoms with Crippen LogP contribution in [-0.4, -0.2) is 17.0 Å². The van der Waals surface area contributed by atoms with E-state index in [1.54, 1.807) is 13.1 Å². The van der Waals surface area contributed by atoms with Crippen molar-refractivity contribution in [3.05, 3.63) is 41.4 Å². The number of aromatic nitrogens is 2. The Morgan fingerprint density at radius 3 is 2.82 bits per heavy atom. The van der Waals surface area contributed by atoms with Gasteiger partial charge in [-0.1, -0.05) is 11.6 Å². The summed E-state index contributed by atoms with van der Waals surface area (Å²) in [4.78, 5) is 7.87. The quantitative estimate of drug-likeness (QED) is 0.913. The van der Waals surface area contributed by atoms with Crippen LogP contribution in [0.4, 0.5) is 10.2 Å². The van der Waals surface area contributed by atoms with Gasteiger partial charge in [0.05, 0.1) is 5.02 Å². The molecule has 0 saturated carbocycles. The second kappa shape index (κ2) is 4.97. The number of ether oxygens (including phenoxy) is 1. The predicted molar refractivity (Wildman–Crippen MR) is 63.1 cm³/mol. The molecule has 1 aromatic carbocycles. The number of nitrogens with one attached hydrogen (secondary N) is 1. The maximum absolute atomic E-state index is 12.9. The molecule has 1 heterocycles. The Bertz CT molecular complexity index is 536. The van der Waals surface area contributed by atoms with E-state index in [1.807, 2.05) is 0 Å². The van der Waals surface area contributed by atoms with Crippen LogP contribution < -0.4 is 10.1 Å². The van der Waals surface area contributed by atoms with Crippen molar-refractivity contribution in [2.45, 2.75) is 0 Å². The van der Waals surface area contributed by atoms with Gasteiger partial charge in [-0.2, -0.15) is 0 Å². The zero-order chi connectivity index (χ0) is 12.3. The second-order valence-corrected chi connectivity index (χ2v) is 3.58. The summed E-state index contributed by atoms with van der Waals surface area (Å²) in [5, 5.41) is 2.86. The third kappa shape index (κ3) is 2.82. The van der Waals surface area contributed by atoms with Gasteiger partial charge in [-0.15, -0.1) is 0 Å². The fourth-order valence-corrected chi connectivity index (χ4v) is 1.36. The monoisotopic (exact) mass is 253 g/mol. The van der Waals surface area contributed by atoms with Crippen LogP contribution in [0.1, 0.15) is 0 Å². The molecule has 2 rings (SSSR count). The fourth-order valence-electron chi connectivity index (χ4n) is 1.19. The highest BCUT2D eigenvalue weighted by molar-refractivity contribution is 6.30. The summed E-state index contributed by atoms with van der Waals surface area (Å²) in [6.45, 7) is 0. The number of hydrogen-bond donors (Lipinski definition) is 1. The third-order valence-electron chi connectivity index (χ3n) is 2.01. The molecule has 1 N–H and O–H groups in total. The third-order valence-corrected chi connectivity index (χ3v) is 2.30. The number of halogens is 2. The molecule has 6 heteroatoms. The summed E-state index contributed by atoms with van der Waals surface area (Å²) in [6.07, 6.45) is 1.37. The summed E-state index contributed by atoms with van der Waals surface area (Å²) in [6, 6.07) is 5.72. The molecule has 0 fully saturated rings. The van der Waals surface area contributed by atoms with Crippen molar-refractivity contribution in [2.75, 3.05) is 12.4 Å². The molecule has 4 nitrogen and oxygen atoms in total. The highest BCUT2D eigenvalue weighted by atomic mass is 35.5. The molecule has 0 radical (unpaired) electrons. The van der Waals surface area contributed by atoms with E-state index in [0.717, 1.165) is 0 Å². The van der Waals surface area contributed by atoms with Crippen LogP contribution in [0.25, 0.3) is 0 Å². The molecule has 0 bridgehead atoms. The van der Waals surface area contributed by atoms with Crippen molar-refractivity contribution >= 4 is 17.4 Å². The zero-order valence-corrected chi connectivity index (χ0v) is 9.70. The van der Waals surface area contributed by atoms with E-state index in [1.165, 1.54) is 24.5 Å². The number of rotatable bonds is 3. The van der Waals surface area contributed by atoms with E-state index in [4.69, 9.17) is 16.3 Å². The van der Waals surface area contributed by atoms with Crippen molar-refractivity contribution in [3.8, 4) is 11.6 Å². The largest absolute Gasteiger partial charge is 0.439 e. The maximum atomic E-state index is 12.9. The number of hydrogen-bond acceptors (Lipinski definition) is 4. The SMILES string of the molecule is CNc1cc(Oc2ccc(F)c(Cl)c2)ncn1. The Morgan fingerprint density at radius 1 is 1.29 bits per heavy atom. The minimum atomic E-state index is -0.488. The van der Waals surface area contributed by atoms with Crippen molar-refractivity contribution in [1.82, 2.24) is 9.97 Å². The molecule has 0 aliphatic rings. The van der Waals surface area contributed by atoms with Crippen LogP contribution in [-0.2, 0) is 0 Å². The lowest BCUT2D eigenvalue weighted by atomic mass is 10.3. The highest BCUT2D eigenvalue weighted by Gasteiger charge is 2.04. The summed E-state index contributed by atoms with van der Waals surface area (Å²) in [5.41, 5.74) is 0. The lowest BCUT2D eigenvalue weighted by molar-refractivity contribution is 0.460. The van der Waals surface area contributed by atoms with E-state index in [-0.39, 0.29) is 5.02 Å². The lowest BCUT2D eigenvalue weighted by Gasteiger charge is -2.06. The van der Waals surface area contributed by atoms with Gasteiger partial charge in [-0.3, -0.25) is 0 Å². The van der Waals surface area contributed by atoms with E-state index >= 15 is 0 Å². The van der Waals surface area contributed by atoms with Crippen LogP contribution in [0.15, 0.2) is 30.6 Å². The number of nitrogens with zero attached hydrogens (tertiary/aromatic N) is 2. The first-order valence-electron chi connectivity index (χ1n) is 4.82. The van der Waals surface area contributed by atoms with E-state index < -0.39 is 5.82 Å². The number of anilines is 1. The van der Waals surface area contributed by atoms with Gasteiger partial charge in [0.25, 0.3) is 0 Å². The standard InChI is InChI=1S/C11H9ClFN3O/c1-14-10-5-11(16-6-15-10)17-7-2-3-9(13)8(12)4-7/h2-6H,1H3,(H,14,15,16). The van der Waals surface area contributed by atoms with Crippen molar-refractivity contribution < 1.29 is 9.13 Å². The molecule has 0 spiro atoms. The minimum absolute atomic E-state index is 0.00500. The van der Waals surface area contributed by atoms with Gasteiger partial charge in [0.1, 0.15) is 23.7 Å². The molecule has 0 atom stereocenters. The topological polar surface area (TPSA) is 47.0 Å². The van der Waals surface area contributed by atoms with E-state index in [9.17, 15) is 4.39 Å². The van der Waals surface area contributed by atoms with Gasteiger partial charge < -0.3 is 10.1 Å². The molecule has 0 saturated heterocycles. The summed E-state index contributed by atoms with van der Waals surface area (Å²) < 4.78 is 18.3. The van der Waals surface area contributed by atoms with Gasteiger partial charge in [0, 0.05) is 19.2 Å². The average Bonchev–Trinajstić information content (AvgIpc) is 2.34. The first-order valence-corrected chi connectivity index (χ1v) is 5.19. The van der Waals surface area contributed by atoms with Crippen LogP contribution >= 0.6 is 11.6 Å². The predicted octanol–water partition coefficient (Wildman–Crippen LogP) is 3.10. The molecule has 17 heavy (non-hydrogen) atoms. The lowest BCUT2D eigenvalue weighted by Crippen LogP contribution is -1.95. The summed E-state index contributed by atoms with van der Waals surface area (Å²) in [7, 11) is 1.74. The minimum Gasteiger partial charge on any atom is -0.439 e. The zero-order valence-electron chi connectivity index (χ0n) is 8.95. The van der Waals surface area contributed by atoms with E-state index in [0.29, 0.717) is 17.4 Å². The van der Waals surface area contributed by atoms with Gasteiger partial charge in [-0.05, 0) is 12.1 Å². The maximum Gasteiger partial charge on any atom is 0.224 e. The highest BCUT2D eigenvalue weighted by Crippen LogP contribution is 2.25. The molecule has 2 aromatic rings. The Balaban J connectivity index is 2.22. The molecule has 1 aromatic heterocycles. The first-order chi connectivity index (χ1) is 8.19. The smallest absolute Gasteiger partial charge is 0.224 e. The number of benzene rings is 1. The van der Waals surface area contributed by atoms with Crippen LogP contribution in [0.2, 0.25) is 5.02 Å². The Labute approximate surface area is 102 Å². The average molecular weight is 254 g/mol. The first kappa shape index (κ1) is 11.6. The van der Waals surface area contributed by atoms with Gasteiger partial charge in [0.15, 0.2) is 0 Å². The molecular weight excluding hydrogens is 245 g/mol. The van der Waals surface area contributed by atoms with Gasteiger partial charge in [-0.25, -0.2) is 14.4 Å². The Kier molecular flexibility index (Phi) is 3.39. The molecule has 88 valence electrons. The van der Waals surface area contributed by atoms with E-state index in [2.05, 4.69) is 15.3 Å². The van der Waals surface area contributed by atoms with Crippen molar-refractivity contribution in [3.63, 3.8) is 0 Å².